The fraction of sp³-hybridized carbons (Fsp3) is 0.393. The molecule has 0 spiro atoms. The summed E-state index contributed by atoms with van der Waals surface area (Å²) in [5, 5.41) is 6.79. The van der Waals surface area contributed by atoms with Gasteiger partial charge in [0.25, 0.3) is 0 Å². The third-order valence-corrected chi connectivity index (χ3v) is 7.85. The van der Waals surface area contributed by atoms with Gasteiger partial charge in [-0.15, -0.1) is 0 Å². The van der Waals surface area contributed by atoms with Gasteiger partial charge in [-0.3, -0.25) is 15.0 Å². The van der Waals surface area contributed by atoms with E-state index >= 15 is 0 Å². The molecule has 0 radical (unpaired) electrons. The minimum absolute atomic E-state index is 0.0641. The molecule has 9 heteroatoms. The highest BCUT2D eigenvalue weighted by atomic mass is 16.2. The lowest BCUT2D eigenvalue weighted by Gasteiger charge is -2.37. The molecule has 3 atom stereocenters. The summed E-state index contributed by atoms with van der Waals surface area (Å²) in [5.41, 5.74) is 10.0. The molecule has 0 bridgehead atoms. The largest absolute Gasteiger partial charge is 0.368 e. The van der Waals surface area contributed by atoms with Crippen LogP contribution in [0.3, 0.4) is 0 Å². The van der Waals surface area contributed by atoms with Crippen LogP contribution in [-0.2, 0) is 4.79 Å². The summed E-state index contributed by atoms with van der Waals surface area (Å²) in [6.07, 6.45) is 6.24. The fourth-order valence-electron chi connectivity index (χ4n) is 5.71. The number of anilines is 1. The Bertz CT molecular complexity index is 1200. The van der Waals surface area contributed by atoms with Crippen molar-refractivity contribution in [2.24, 2.45) is 5.10 Å². The van der Waals surface area contributed by atoms with Crippen molar-refractivity contribution in [1.82, 2.24) is 25.7 Å². The summed E-state index contributed by atoms with van der Waals surface area (Å²) < 4.78 is 0. The number of nitrogens with zero attached hydrogens (tertiary/aromatic N) is 5. The quantitative estimate of drug-likeness (QED) is 0.592. The number of nitrogens with one attached hydrogen (secondary N) is 2. The molecule has 4 aliphatic rings. The van der Waals surface area contributed by atoms with Gasteiger partial charge in [-0.25, -0.2) is 5.43 Å². The predicted octanol–water partition coefficient (Wildman–Crippen LogP) is 2.67. The second kappa shape index (κ2) is 9.89. The second-order valence-electron chi connectivity index (χ2n) is 10.1. The molecule has 2 aromatic carbocycles. The standard InChI is InChI=1S/C28H33N7O2/c1-20(36)21-7-9-23(10-8-21)32-13-15-33(16-14-32)27(37)12-11-26-29-30-28-25-19-24(22-5-3-2-4-6-22)31-35(25)18-17-34(26)28/h2-10,17-18,24-25,28,30-31H,11-16,19H2,1H3. The molecule has 1 amide bonds. The van der Waals surface area contributed by atoms with Crippen LogP contribution in [-0.4, -0.2) is 70.7 Å². The van der Waals surface area contributed by atoms with Crippen molar-refractivity contribution in [2.45, 2.75) is 44.4 Å². The lowest BCUT2D eigenvalue weighted by molar-refractivity contribution is -0.131. The van der Waals surface area contributed by atoms with Gasteiger partial charge in [0.05, 0.1) is 12.1 Å². The third-order valence-electron chi connectivity index (χ3n) is 7.85. The van der Waals surface area contributed by atoms with E-state index in [2.05, 4.69) is 67.4 Å². The molecular weight excluding hydrogens is 466 g/mol. The molecule has 0 saturated carbocycles. The van der Waals surface area contributed by atoms with E-state index in [0.717, 1.165) is 36.6 Å². The Morgan fingerprint density at radius 2 is 1.73 bits per heavy atom. The van der Waals surface area contributed by atoms with Crippen LogP contribution in [0.1, 0.15) is 48.1 Å². The minimum Gasteiger partial charge on any atom is -0.368 e. The topological polar surface area (TPSA) is 83.5 Å². The molecule has 4 heterocycles. The van der Waals surface area contributed by atoms with E-state index in [9.17, 15) is 9.59 Å². The van der Waals surface area contributed by atoms with Crippen molar-refractivity contribution in [1.29, 1.82) is 0 Å². The summed E-state index contributed by atoms with van der Waals surface area (Å²) >= 11 is 0. The zero-order valence-corrected chi connectivity index (χ0v) is 21.1. The van der Waals surface area contributed by atoms with E-state index in [4.69, 9.17) is 0 Å². The number of fused-ring (bicyclic) bond motifs is 3. The number of amidine groups is 1. The normalized spacial score (nSPS) is 24.5. The fourth-order valence-corrected chi connectivity index (χ4v) is 5.71. The molecule has 0 aromatic heterocycles. The van der Waals surface area contributed by atoms with Crippen molar-refractivity contribution in [2.75, 3.05) is 31.1 Å². The number of Topliss-reactive ketones (excluding diaryl/α,β-unsaturated/α-hetero) is 1. The Morgan fingerprint density at radius 1 is 0.973 bits per heavy atom. The maximum atomic E-state index is 13.0. The van der Waals surface area contributed by atoms with E-state index in [1.807, 2.05) is 35.2 Å². The van der Waals surface area contributed by atoms with E-state index in [1.54, 1.807) is 6.92 Å². The molecule has 2 N–H and O–H groups in total. The maximum absolute atomic E-state index is 13.0. The van der Waals surface area contributed by atoms with E-state index in [1.165, 1.54) is 5.56 Å². The van der Waals surface area contributed by atoms with E-state index in [0.29, 0.717) is 25.9 Å². The van der Waals surface area contributed by atoms with E-state index < -0.39 is 0 Å². The number of hydrogen-bond donors (Lipinski definition) is 2. The Morgan fingerprint density at radius 3 is 2.46 bits per heavy atom. The summed E-state index contributed by atoms with van der Waals surface area (Å²) in [5.74, 6) is 1.16. The van der Waals surface area contributed by atoms with E-state index in [-0.39, 0.29) is 29.9 Å². The molecule has 0 aliphatic carbocycles. The average Bonchev–Trinajstić information content (AvgIpc) is 3.56. The van der Waals surface area contributed by atoms with Gasteiger partial charge < -0.3 is 19.7 Å². The first-order chi connectivity index (χ1) is 18.1. The van der Waals surface area contributed by atoms with Gasteiger partial charge in [-0.2, -0.15) is 5.10 Å². The number of hydrazine groups is 1. The number of hydrazone groups is 1. The molecule has 2 fully saturated rings. The van der Waals surface area contributed by atoms with Gasteiger partial charge in [-0.05, 0) is 43.2 Å². The zero-order valence-electron chi connectivity index (χ0n) is 21.1. The van der Waals surface area contributed by atoms with Crippen molar-refractivity contribution in [3.05, 3.63) is 78.1 Å². The lowest BCUT2D eigenvalue weighted by atomic mass is 10.00. The summed E-state index contributed by atoms with van der Waals surface area (Å²) in [7, 11) is 0. The molecule has 9 nitrogen and oxygen atoms in total. The maximum Gasteiger partial charge on any atom is 0.223 e. The predicted molar refractivity (Wildman–Crippen MR) is 142 cm³/mol. The van der Waals surface area contributed by atoms with Gasteiger partial charge in [0.15, 0.2) is 5.78 Å². The highest BCUT2D eigenvalue weighted by molar-refractivity contribution is 5.94. The number of piperazine rings is 1. The molecule has 6 rings (SSSR count). The molecule has 192 valence electrons. The summed E-state index contributed by atoms with van der Waals surface area (Å²) in [4.78, 5) is 30.9. The van der Waals surface area contributed by atoms with Gasteiger partial charge in [-0.1, -0.05) is 30.3 Å². The first-order valence-corrected chi connectivity index (χ1v) is 13.1. The van der Waals surface area contributed by atoms with Crippen molar-refractivity contribution < 1.29 is 9.59 Å². The van der Waals surface area contributed by atoms with Crippen molar-refractivity contribution in [3.8, 4) is 0 Å². The first-order valence-electron chi connectivity index (χ1n) is 13.1. The Kier molecular flexibility index (Phi) is 6.30. The minimum atomic E-state index is 0.0641. The van der Waals surface area contributed by atoms with Crippen molar-refractivity contribution in [3.63, 3.8) is 0 Å². The van der Waals surface area contributed by atoms with Crippen LogP contribution < -0.4 is 15.8 Å². The Hall–Kier alpha value is -3.85. The Labute approximate surface area is 217 Å². The van der Waals surface area contributed by atoms with Crippen molar-refractivity contribution >= 4 is 23.2 Å². The SMILES string of the molecule is CC(=O)c1ccc(N2CCN(C(=O)CCC3=NNC4C5CC(c6ccccc6)NN5C=CN34)CC2)cc1. The summed E-state index contributed by atoms with van der Waals surface area (Å²) in [6, 6.07) is 18.8. The van der Waals surface area contributed by atoms with Crippen LogP contribution in [0.15, 0.2) is 72.1 Å². The third kappa shape index (κ3) is 4.67. The van der Waals surface area contributed by atoms with Gasteiger partial charge in [0.1, 0.15) is 12.0 Å². The molecular formula is C28H33N7O2. The number of carbonyl (C=O) groups is 2. The zero-order chi connectivity index (χ0) is 25.4. The number of amides is 1. The molecule has 37 heavy (non-hydrogen) atoms. The highest BCUT2D eigenvalue weighted by Crippen LogP contribution is 2.34. The van der Waals surface area contributed by atoms with Crippen LogP contribution in [0.2, 0.25) is 0 Å². The van der Waals surface area contributed by atoms with Crippen LogP contribution >= 0.6 is 0 Å². The van der Waals surface area contributed by atoms with Crippen LogP contribution in [0.5, 0.6) is 0 Å². The number of carbonyl (C=O) groups excluding carboxylic acids is 2. The number of hydrogen-bond acceptors (Lipinski definition) is 8. The monoisotopic (exact) mass is 499 g/mol. The Balaban J connectivity index is 0.993. The van der Waals surface area contributed by atoms with Gasteiger partial charge >= 0.3 is 0 Å². The van der Waals surface area contributed by atoms with Crippen LogP contribution in [0.4, 0.5) is 5.69 Å². The lowest BCUT2D eigenvalue weighted by Crippen LogP contribution is -2.54. The van der Waals surface area contributed by atoms with Crippen LogP contribution in [0, 0.1) is 0 Å². The molecule has 2 saturated heterocycles. The first kappa shape index (κ1) is 23.5. The smallest absolute Gasteiger partial charge is 0.223 e. The highest BCUT2D eigenvalue weighted by Gasteiger charge is 2.44. The summed E-state index contributed by atoms with van der Waals surface area (Å²) in [6.45, 7) is 4.56. The van der Waals surface area contributed by atoms with Crippen LogP contribution in [0.25, 0.3) is 0 Å². The number of rotatable bonds is 6. The molecule has 4 aliphatic heterocycles. The average molecular weight is 500 g/mol. The number of ketones is 1. The van der Waals surface area contributed by atoms with Gasteiger partial charge in [0.2, 0.25) is 5.91 Å². The van der Waals surface area contributed by atoms with Gasteiger partial charge in [0, 0.05) is 62.7 Å². The second-order valence-corrected chi connectivity index (χ2v) is 10.1. The molecule has 3 unspecified atom stereocenters. The number of benzene rings is 2. The molecule has 2 aromatic rings.